The molecule has 2 heterocycles. The van der Waals surface area contributed by atoms with Crippen LogP contribution >= 0.6 is 0 Å². The van der Waals surface area contributed by atoms with Crippen molar-refractivity contribution in [3.8, 4) is 11.6 Å². The summed E-state index contributed by atoms with van der Waals surface area (Å²) < 4.78 is 5.70. The molecule has 0 aliphatic carbocycles. The lowest BCUT2D eigenvalue weighted by Crippen LogP contribution is -2.03. The number of benzene rings is 1. The van der Waals surface area contributed by atoms with Crippen LogP contribution in [0.25, 0.3) is 0 Å². The lowest BCUT2D eigenvalue weighted by atomic mass is 10.2. The van der Waals surface area contributed by atoms with Gasteiger partial charge in [-0.05, 0) is 29.8 Å². The van der Waals surface area contributed by atoms with Gasteiger partial charge in [0.05, 0.1) is 0 Å². The number of aromatic nitrogens is 3. The van der Waals surface area contributed by atoms with Crippen molar-refractivity contribution in [3.63, 3.8) is 0 Å². The van der Waals surface area contributed by atoms with Crippen molar-refractivity contribution >= 4 is 5.95 Å². The molecule has 0 saturated carbocycles. The van der Waals surface area contributed by atoms with Crippen molar-refractivity contribution in [2.24, 2.45) is 0 Å². The maximum absolute atomic E-state index is 5.70. The first kappa shape index (κ1) is 13.1. The zero-order valence-electron chi connectivity index (χ0n) is 11.3. The second-order valence-electron chi connectivity index (χ2n) is 4.34. The van der Waals surface area contributed by atoms with Crippen molar-refractivity contribution < 1.29 is 4.74 Å². The molecule has 104 valence electrons. The highest BCUT2D eigenvalue weighted by Crippen LogP contribution is 2.19. The minimum absolute atomic E-state index is 0.564. The van der Waals surface area contributed by atoms with E-state index in [2.05, 4.69) is 20.3 Å². The van der Waals surface area contributed by atoms with Crippen LogP contribution in [0.1, 0.15) is 5.56 Å². The topological polar surface area (TPSA) is 59.9 Å². The first-order valence-corrected chi connectivity index (χ1v) is 6.59. The van der Waals surface area contributed by atoms with Crippen LogP contribution in [0, 0.1) is 0 Å². The molecule has 0 amide bonds. The minimum atomic E-state index is 0.564. The molecule has 0 unspecified atom stereocenters. The molecule has 5 nitrogen and oxygen atoms in total. The number of hydrogen-bond acceptors (Lipinski definition) is 5. The van der Waals surface area contributed by atoms with Crippen molar-refractivity contribution in [1.29, 1.82) is 0 Å². The molecule has 3 aromatic rings. The molecule has 0 bridgehead atoms. The van der Waals surface area contributed by atoms with E-state index >= 15 is 0 Å². The van der Waals surface area contributed by atoms with Crippen molar-refractivity contribution in [1.82, 2.24) is 15.0 Å². The fourth-order valence-corrected chi connectivity index (χ4v) is 1.80. The molecule has 1 aromatic carbocycles. The highest BCUT2D eigenvalue weighted by atomic mass is 16.5. The Morgan fingerprint density at radius 3 is 2.48 bits per heavy atom. The van der Waals surface area contributed by atoms with Crippen LogP contribution in [0.5, 0.6) is 11.6 Å². The smallest absolute Gasteiger partial charge is 0.222 e. The number of nitrogens with one attached hydrogen (secondary N) is 1. The summed E-state index contributed by atoms with van der Waals surface area (Å²) in [5.74, 6) is 1.93. The number of pyridine rings is 1. The Balaban J connectivity index is 1.66. The molecule has 2 aromatic heterocycles. The predicted octanol–water partition coefficient (Wildman–Crippen LogP) is 3.28. The number of rotatable bonds is 5. The summed E-state index contributed by atoms with van der Waals surface area (Å²) in [5, 5.41) is 3.15. The Kier molecular flexibility index (Phi) is 4.02. The SMILES string of the molecule is c1ccc(Oc2cc(CNc3ncccn3)ccn2)cc1. The van der Waals surface area contributed by atoms with E-state index in [0.29, 0.717) is 18.4 Å². The minimum Gasteiger partial charge on any atom is -0.439 e. The maximum atomic E-state index is 5.70. The van der Waals surface area contributed by atoms with E-state index in [1.165, 1.54) is 0 Å². The fourth-order valence-electron chi connectivity index (χ4n) is 1.80. The summed E-state index contributed by atoms with van der Waals surface area (Å²) in [7, 11) is 0. The average Bonchev–Trinajstić information content (AvgIpc) is 2.55. The molecule has 5 heteroatoms. The molecule has 0 fully saturated rings. The summed E-state index contributed by atoms with van der Waals surface area (Å²) in [4.78, 5) is 12.4. The van der Waals surface area contributed by atoms with Crippen molar-refractivity contribution in [2.45, 2.75) is 6.54 Å². The third kappa shape index (κ3) is 3.76. The Bertz CT molecular complexity index is 689. The van der Waals surface area contributed by atoms with E-state index in [1.54, 1.807) is 24.7 Å². The molecule has 3 rings (SSSR count). The van der Waals surface area contributed by atoms with Crippen LogP contribution in [0.4, 0.5) is 5.95 Å². The number of hydrogen-bond donors (Lipinski definition) is 1. The Hall–Kier alpha value is -2.95. The van der Waals surface area contributed by atoms with Crippen molar-refractivity contribution in [2.75, 3.05) is 5.32 Å². The van der Waals surface area contributed by atoms with Crippen LogP contribution in [-0.2, 0) is 6.54 Å². The van der Waals surface area contributed by atoms with Gasteiger partial charge < -0.3 is 10.1 Å². The van der Waals surface area contributed by atoms with Crippen LogP contribution in [0.3, 0.4) is 0 Å². The van der Waals surface area contributed by atoms with E-state index in [1.807, 2.05) is 42.5 Å². The molecular weight excluding hydrogens is 264 g/mol. The lowest BCUT2D eigenvalue weighted by Gasteiger charge is -2.07. The van der Waals surface area contributed by atoms with E-state index < -0.39 is 0 Å². The third-order valence-corrected chi connectivity index (χ3v) is 2.78. The summed E-state index contributed by atoms with van der Waals surface area (Å²) in [5.41, 5.74) is 1.04. The van der Waals surface area contributed by atoms with Gasteiger partial charge in [-0.1, -0.05) is 18.2 Å². The van der Waals surface area contributed by atoms with Gasteiger partial charge in [0.1, 0.15) is 5.75 Å². The fraction of sp³-hybridized carbons (Fsp3) is 0.0625. The first-order chi connectivity index (χ1) is 10.4. The molecule has 0 saturated heterocycles. The first-order valence-electron chi connectivity index (χ1n) is 6.59. The number of anilines is 1. The molecule has 0 spiro atoms. The normalized spacial score (nSPS) is 10.1. The average molecular weight is 278 g/mol. The van der Waals surface area contributed by atoms with Gasteiger partial charge in [-0.3, -0.25) is 0 Å². The molecule has 21 heavy (non-hydrogen) atoms. The van der Waals surface area contributed by atoms with Gasteiger partial charge in [0.2, 0.25) is 11.8 Å². The zero-order chi connectivity index (χ0) is 14.3. The van der Waals surface area contributed by atoms with Gasteiger partial charge in [-0.2, -0.15) is 0 Å². The van der Waals surface area contributed by atoms with Gasteiger partial charge >= 0.3 is 0 Å². The molecule has 0 aliphatic rings. The lowest BCUT2D eigenvalue weighted by molar-refractivity contribution is 0.462. The van der Waals surface area contributed by atoms with E-state index in [9.17, 15) is 0 Å². The molecule has 1 N–H and O–H groups in total. The maximum Gasteiger partial charge on any atom is 0.222 e. The van der Waals surface area contributed by atoms with Crippen LogP contribution in [0.2, 0.25) is 0 Å². The van der Waals surface area contributed by atoms with Gasteiger partial charge in [-0.15, -0.1) is 0 Å². The predicted molar refractivity (Wildman–Crippen MR) is 80.1 cm³/mol. The third-order valence-electron chi connectivity index (χ3n) is 2.78. The monoisotopic (exact) mass is 278 g/mol. The Morgan fingerprint density at radius 1 is 0.857 bits per heavy atom. The highest BCUT2D eigenvalue weighted by molar-refractivity contribution is 5.31. The summed E-state index contributed by atoms with van der Waals surface area (Å²) in [6, 6.07) is 15.2. The van der Waals surface area contributed by atoms with Gasteiger partial charge in [0, 0.05) is 31.2 Å². The van der Waals surface area contributed by atoms with Crippen molar-refractivity contribution in [3.05, 3.63) is 72.7 Å². The molecule has 0 radical (unpaired) electrons. The van der Waals surface area contributed by atoms with Gasteiger partial charge in [-0.25, -0.2) is 15.0 Å². The quantitative estimate of drug-likeness (QED) is 0.776. The van der Waals surface area contributed by atoms with Crippen LogP contribution in [0.15, 0.2) is 67.1 Å². The number of para-hydroxylation sites is 1. The van der Waals surface area contributed by atoms with Gasteiger partial charge in [0.25, 0.3) is 0 Å². The summed E-state index contributed by atoms with van der Waals surface area (Å²) in [6.07, 6.45) is 5.12. The number of ether oxygens (including phenoxy) is 1. The highest BCUT2D eigenvalue weighted by Gasteiger charge is 2.01. The zero-order valence-corrected chi connectivity index (χ0v) is 11.3. The second-order valence-corrected chi connectivity index (χ2v) is 4.34. The molecular formula is C16H14N4O. The summed E-state index contributed by atoms with van der Waals surface area (Å²) in [6.45, 7) is 0.609. The standard InChI is InChI=1S/C16H14N4O/c1-2-5-14(6-3-1)21-15-11-13(7-10-17-15)12-20-16-18-8-4-9-19-16/h1-11H,12H2,(H,18,19,20). The van der Waals surface area contributed by atoms with E-state index in [-0.39, 0.29) is 0 Å². The van der Waals surface area contributed by atoms with Gasteiger partial charge in [0.15, 0.2) is 0 Å². The van der Waals surface area contributed by atoms with Crippen LogP contribution in [-0.4, -0.2) is 15.0 Å². The van der Waals surface area contributed by atoms with E-state index in [4.69, 9.17) is 4.74 Å². The van der Waals surface area contributed by atoms with E-state index in [0.717, 1.165) is 11.3 Å². The Labute approximate surface area is 122 Å². The largest absolute Gasteiger partial charge is 0.439 e. The number of nitrogens with zero attached hydrogens (tertiary/aromatic N) is 3. The summed E-state index contributed by atoms with van der Waals surface area (Å²) >= 11 is 0. The van der Waals surface area contributed by atoms with Crippen LogP contribution < -0.4 is 10.1 Å². The Morgan fingerprint density at radius 2 is 1.67 bits per heavy atom. The second kappa shape index (κ2) is 6.47. The molecule has 0 aliphatic heterocycles. The molecule has 0 atom stereocenters.